The van der Waals surface area contributed by atoms with Crippen molar-refractivity contribution >= 4 is 11.7 Å². The monoisotopic (exact) mass is 298 g/mol. The minimum absolute atomic E-state index is 0.112. The molecule has 0 saturated heterocycles. The molecule has 2 aromatic rings. The molecular weight excluding hydrogens is 289 g/mol. The number of anilines is 1. The molecule has 1 heterocycles. The lowest BCUT2D eigenvalue weighted by Crippen LogP contribution is -2.08. The Bertz CT molecular complexity index is 687. The zero-order chi connectivity index (χ0) is 15.6. The largest absolute Gasteiger partial charge is 0.478 e. The molecule has 1 aromatic carbocycles. The smallest absolute Gasteiger partial charge is 0.419 e. The number of para-hydroxylation sites is 1. The summed E-state index contributed by atoms with van der Waals surface area (Å²) in [6.45, 7) is 0. The van der Waals surface area contributed by atoms with E-state index in [0.29, 0.717) is 0 Å². The van der Waals surface area contributed by atoms with Crippen molar-refractivity contribution in [1.29, 1.82) is 0 Å². The molecular formula is C13H9F3N2O3. The van der Waals surface area contributed by atoms with Gasteiger partial charge in [-0.15, -0.1) is 0 Å². The third-order valence-electron chi connectivity index (χ3n) is 2.55. The number of aromatic nitrogens is 1. The Kier molecular flexibility index (Phi) is 3.70. The molecule has 3 N–H and O–H groups in total. The van der Waals surface area contributed by atoms with Gasteiger partial charge < -0.3 is 15.6 Å². The zero-order valence-corrected chi connectivity index (χ0v) is 10.4. The number of carbonyl (C=O) groups is 1. The Morgan fingerprint density at radius 2 is 1.95 bits per heavy atom. The highest BCUT2D eigenvalue weighted by Gasteiger charge is 2.34. The van der Waals surface area contributed by atoms with E-state index in [1.54, 1.807) is 0 Å². The van der Waals surface area contributed by atoms with Crippen molar-refractivity contribution in [3.63, 3.8) is 0 Å². The van der Waals surface area contributed by atoms with Crippen molar-refractivity contribution in [3.8, 4) is 11.6 Å². The summed E-state index contributed by atoms with van der Waals surface area (Å²) in [6, 6.07) is 5.51. The number of hydrogen-bond acceptors (Lipinski definition) is 4. The number of aromatic carboxylic acids is 1. The minimum atomic E-state index is -4.60. The van der Waals surface area contributed by atoms with Crippen LogP contribution in [0.15, 0.2) is 36.5 Å². The average molecular weight is 298 g/mol. The summed E-state index contributed by atoms with van der Waals surface area (Å²) in [7, 11) is 0. The molecule has 0 saturated carbocycles. The van der Waals surface area contributed by atoms with Gasteiger partial charge in [0.15, 0.2) is 0 Å². The number of nitrogens with zero attached hydrogens (tertiary/aromatic N) is 1. The number of nitrogen functional groups attached to an aromatic ring is 1. The molecule has 110 valence electrons. The first-order valence-electron chi connectivity index (χ1n) is 5.62. The van der Waals surface area contributed by atoms with E-state index in [0.717, 1.165) is 24.4 Å². The van der Waals surface area contributed by atoms with Gasteiger partial charge in [-0.3, -0.25) is 0 Å². The fraction of sp³-hybridized carbons (Fsp3) is 0.0769. The molecule has 21 heavy (non-hydrogen) atoms. The highest BCUT2D eigenvalue weighted by atomic mass is 19.4. The Hall–Kier alpha value is -2.77. The number of nitrogens with two attached hydrogens (primary N) is 1. The Labute approximate surface area is 116 Å². The molecule has 0 atom stereocenters. The van der Waals surface area contributed by atoms with Crippen LogP contribution in [0.3, 0.4) is 0 Å². The number of pyridine rings is 1. The summed E-state index contributed by atoms with van der Waals surface area (Å²) in [5, 5.41) is 8.90. The molecule has 2 rings (SSSR count). The molecule has 0 aliphatic heterocycles. The number of halogens is 3. The lowest BCUT2D eigenvalue weighted by atomic mass is 10.2. The fourth-order valence-electron chi connectivity index (χ4n) is 1.59. The van der Waals surface area contributed by atoms with Crippen molar-refractivity contribution in [2.45, 2.75) is 6.18 Å². The third kappa shape index (κ3) is 3.22. The summed E-state index contributed by atoms with van der Waals surface area (Å²) >= 11 is 0. The maximum absolute atomic E-state index is 12.8. The van der Waals surface area contributed by atoms with Crippen LogP contribution in [-0.2, 0) is 6.18 Å². The highest BCUT2D eigenvalue weighted by Crippen LogP contribution is 2.37. The van der Waals surface area contributed by atoms with Gasteiger partial charge in [-0.2, -0.15) is 13.2 Å². The zero-order valence-electron chi connectivity index (χ0n) is 10.4. The molecule has 0 radical (unpaired) electrons. The van der Waals surface area contributed by atoms with Gasteiger partial charge in [-0.1, -0.05) is 12.1 Å². The van der Waals surface area contributed by atoms with E-state index in [9.17, 15) is 18.0 Å². The second-order valence-corrected chi connectivity index (χ2v) is 4.01. The predicted molar refractivity (Wildman–Crippen MR) is 67.1 cm³/mol. The van der Waals surface area contributed by atoms with E-state index in [2.05, 4.69) is 4.98 Å². The van der Waals surface area contributed by atoms with Crippen molar-refractivity contribution in [2.24, 2.45) is 0 Å². The molecule has 0 unspecified atom stereocenters. The van der Waals surface area contributed by atoms with Gasteiger partial charge in [0, 0.05) is 6.07 Å². The van der Waals surface area contributed by atoms with E-state index >= 15 is 0 Å². The SMILES string of the molecule is Nc1cnc(Oc2ccccc2C(F)(F)F)cc1C(=O)O. The molecule has 0 aliphatic carbocycles. The molecule has 0 aliphatic rings. The molecule has 1 aromatic heterocycles. The quantitative estimate of drug-likeness (QED) is 0.909. The van der Waals surface area contributed by atoms with Crippen LogP contribution in [0.2, 0.25) is 0 Å². The van der Waals surface area contributed by atoms with Gasteiger partial charge in [-0.25, -0.2) is 9.78 Å². The topological polar surface area (TPSA) is 85.4 Å². The van der Waals surface area contributed by atoms with E-state index < -0.39 is 23.5 Å². The van der Waals surface area contributed by atoms with Crippen LogP contribution >= 0.6 is 0 Å². The lowest BCUT2D eigenvalue weighted by molar-refractivity contribution is -0.138. The summed E-state index contributed by atoms with van der Waals surface area (Å²) in [4.78, 5) is 14.6. The third-order valence-corrected chi connectivity index (χ3v) is 2.55. The molecule has 0 fully saturated rings. The van der Waals surface area contributed by atoms with Crippen LogP contribution in [-0.4, -0.2) is 16.1 Å². The normalized spacial score (nSPS) is 11.2. The number of ether oxygens (including phenoxy) is 1. The first kappa shape index (κ1) is 14.6. The second kappa shape index (κ2) is 5.31. The minimum Gasteiger partial charge on any atom is -0.478 e. The van der Waals surface area contributed by atoms with Gasteiger partial charge in [-0.05, 0) is 12.1 Å². The summed E-state index contributed by atoms with van der Waals surface area (Å²) in [5.41, 5.74) is 4.00. The Morgan fingerprint density at radius 1 is 1.29 bits per heavy atom. The maximum atomic E-state index is 12.8. The molecule has 0 bridgehead atoms. The van der Waals surface area contributed by atoms with Crippen molar-refractivity contribution in [1.82, 2.24) is 4.98 Å². The average Bonchev–Trinajstić information content (AvgIpc) is 2.40. The van der Waals surface area contributed by atoms with Gasteiger partial charge in [0.2, 0.25) is 5.88 Å². The fourth-order valence-corrected chi connectivity index (χ4v) is 1.59. The van der Waals surface area contributed by atoms with Crippen LogP contribution in [0.25, 0.3) is 0 Å². The van der Waals surface area contributed by atoms with Gasteiger partial charge in [0.25, 0.3) is 0 Å². The Morgan fingerprint density at radius 3 is 2.57 bits per heavy atom. The second-order valence-electron chi connectivity index (χ2n) is 4.01. The molecule has 0 amide bonds. The van der Waals surface area contributed by atoms with Crippen LogP contribution in [0.4, 0.5) is 18.9 Å². The van der Waals surface area contributed by atoms with Gasteiger partial charge in [0.05, 0.1) is 23.0 Å². The maximum Gasteiger partial charge on any atom is 0.419 e. The van der Waals surface area contributed by atoms with Gasteiger partial charge in [0.1, 0.15) is 5.75 Å². The van der Waals surface area contributed by atoms with Crippen LogP contribution in [0, 0.1) is 0 Å². The van der Waals surface area contributed by atoms with Crippen molar-refractivity contribution < 1.29 is 27.8 Å². The number of alkyl halides is 3. The van der Waals surface area contributed by atoms with Crippen molar-refractivity contribution in [3.05, 3.63) is 47.7 Å². The lowest BCUT2D eigenvalue weighted by Gasteiger charge is -2.13. The van der Waals surface area contributed by atoms with E-state index in [4.69, 9.17) is 15.6 Å². The van der Waals surface area contributed by atoms with Crippen LogP contribution in [0.1, 0.15) is 15.9 Å². The van der Waals surface area contributed by atoms with E-state index in [1.165, 1.54) is 12.1 Å². The number of rotatable bonds is 3. The van der Waals surface area contributed by atoms with E-state index in [-0.39, 0.29) is 17.1 Å². The molecule has 5 nitrogen and oxygen atoms in total. The molecule has 0 spiro atoms. The number of carboxylic acids is 1. The number of carboxylic acid groups (broad SMARTS) is 1. The van der Waals surface area contributed by atoms with E-state index in [1.807, 2.05) is 0 Å². The molecule has 8 heteroatoms. The van der Waals surface area contributed by atoms with Crippen LogP contribution < -0.4 is 10.5 Å². The van der Waals surface area contributed by atoms with Crippen molar-refractivity contribution in [2.75, 3.05) is 5.73 Å². The standard InChI is InChI=1S/C13H9F3N2O3/c14-13(15,16)8-3-1-2-4-10(8)21-11-5-7(12(19)20)9(17)6-18-11/h1-6H,17H2,(H,19,20). The summed E-state index contributed by atoms with van der Waals surface area (Å²) in [6.07, 6.45) is -3.59. The predicted octanol–water partition coefficient (Wildman–Crippen LogP) is 3.17. The number of hydrogen-bond donors (Lipinski definition) is 2. The first-order chi connectivity index (χ1) is 9.79. The first-order valence-corrected chi connectivity index (χ1v) is 5.62. The summed E-state index contributed by atoms with van der Waals surface area (Å²) < 4.78 is 43.5. The van der Waals surface area contributed by atoms with Crippen LogP contribution in [0.5, 0.6) is 11.6 Å². The highest BCUT2D eigenvalue weighted by molar-refractivity contribution is 5.93. The van der Waals surface area contributed by atoms with Gasteiger partial charge >= 0.3 is 12.1 Å². The Balaban J connectivity index is 2.40. The summed E-state index contributed by atoms with van der Waals surface area (Å²) in [5.74, 6) is -2.10. The number of benzene rings is 1.